The summed E-state index contributed by atoms with van der Waals surface area (Å²) in [6, 6.07) is 3.69. The van der Waals surface area contributed by atoms with Crippen LogP contribution in [0.1, 0.15) is 19.1 Å². The van der Waals surface area contributed by atoms with Gasteiger partial charge in [-0.3, -0.25) is 14.7 Å². The SMILES string of the molecule is C[C@@H]1CN(S(C)(=O)=O)CCN1Cc1cc2c(=O)n(C)cc(-c3ccncc3OCC3CCOC3)c2o1. The van der Waals surface area contributed by atoms with Gasteiger partial charge in [0, 0.05) is 68.8 Å². The fraction of sp³-hybridized carbons (Fsp3) is 0.520. The third-order valence-corrected chi connectivity index (χ3v) is 8.30. The standard InChI is InChI=1S/C25H32N4O6S/c1-17-12-29(36(3,31)32)8-7-28(17)13-19-10-21-24(35-19)22(14-27(2)25(21)30)20-4-6-26-11-23(20)34-16-18-5-9-33-15-18/h4,6,10-11,14,17-18H,5,7-9,12-13,15-16H2,1-3H3/t17-,18?/m1/s1. The monoisotopic (exact) mass is 516 g/mol. The van der Waals surface area contributed by atoms with Crippen molar-refractivity contribution in [3.8, 4) is 16.9 Å². The van der Waals surface area contributed by atoms with Crippen molar-refractivity contribution in [1.29, 1.82) is 0 Å². The van der Waals surface area contributed by atoms with Crippen LogP contribution in [0.5, 0.6) is 5.75 Å². The van der Waals surface area contributed by atoms with Gasteiger partial charge in [0.2, 0.25) is 10.0 Å². The lowest BCUT2D eigenvalue weighted by Gasteiger charge is -2.38. The second kappa shape index (κ2) is 9.97. The number of aromatic nitrogens is 2. The molecular weight excluding hydrogens is 484 g/mol. The van der Waals surface area contributed by atoms with Crippen LogP contribution in [0.2, 0.25) is 0 Å². The number of piperazine rings is 1. The molecule has 3 aromatic rings. The third-order valence-electron chi connectivity index (χ3n) is 7.03. The van der Waals surface area contributed by atoms with Gasteiger partial charge in [-0.1, -0.05) is 0 Å². The van der Waals surface area contributed by atoms with Crippen LogP contribution in [0, 0.1) is 5.92 Å². The summed E-state index contributed by atoms with van der Waals surface area (Å²) in [5.41, 5.74) is 1.93. The summed E-state index contributed by atoms with van der Waals surface area (Å²) in [6.45, 7) is 5.91. The van der Waals surface area contributed by atoms with E-state index >= 15 is 0 Å². The number of aryl methyl sites for hydroxylation is 1. The molecule has 0 aromatic carbocycles. The summed E-state index contributed by atoms with van der Waals surface area (Å²) in [7, 11) is -1.50. The van der Waals surface area contributed by atoms with Crippen LogP contribution < -0.4 is 10.3 Å². The van der Waals surface area contributed by atoms with E-state index in [4.69, 9.17) is 13.9 Å². The first-order valence-corrected chi connectivity index (χ1v) is 14.0. The average molecular weight is 517 g/mol. The second-order valence-electron chi connectivity index (χ2n) is 9.77. The van der Waals surface area contributed by atoms with Gasteiger partial charge in [-0.2, -0.15) is 4.31 Å². The molecule has 2 aliphatic heterocycles. The summed E-state index contributed by atoms with van der Waals surface area (Å²) in [5.74, 6) is 1.64. The van der Waals surface area contributed by atoms with Crippen molar-refractivity contribution in [2.75, 3.05) is 45.7 Å². The van der Waals surface area contributed by atoms with E-state index < -0.39 is 10.0 Å². The minimum Gasteiger partial charge on any atom is -0.491 e. The molecule has 3 aromatic heterocycles. The Balaban J connectivity index is 1.44. The molecule has 2 fully saturated rings. The highest BCUT2D eigenvalue weighted by atomic mass is 32.2. The summed E-state index contributed by atoms with van der Waals surface area (Å²) < 4.78 is 44.8. The molecule has 0 spiro atoms. The maximum absolute atomic E-state index is 13.0. The predicted molar refractivity (Wildman–Crippen MR) is 135 cm³/mol. The molecule has 36 heavy (non-hydrogen) atoms. The van der Waals surface area contributed by atoms with Crippen molar-refractivity contribution < 1.29 is 22.3 Å². The first-order chi connectivity index (χ1) is 17.2. The maximum Gasteiger partial charge on any atom is 0.261 e. The topological polar surface area (TPSA) is 107 Å². The van der Waals surface area contributed by atoms with Gasteiger partial charge in [0.05, 0.1) is 37.6 Å². The summed E-state index contributed by atoms with van der Waals surface area (Å²) in [5, 5.41) is 0.499. The van der Waals surface area contributed by atoms with Gasteiger partial charge >= 0.3 is 0 Å². The summed E-state index contributed by atoms with van der Waals surface area (Å²) in [6.07, 6.45) is 7.37. The molecular formula is C25H32N4O6S. The van der Waals surface area contributed by atoms with Gasteiger partial charge in [0.15, 0.2) is 0 Å². The second-order valence-corrected chi connectivity index (χ2v) is 11.7. The number of rotatable bonds is 7. The molecule has 0 bridgehead atoms. The van der Waals surface area contributed by atoms with Crippen molar-refractivity contribution in [1.82, 2.24) is 18.8 Å². The molecule has 0 radical (unpaired) electrons. The number of fused-ring (bicyclic) bond motifs is 1. The molecule has 2 saturated heterocycles. The first-order valence-electron chi connectivity index (χ1n) is 12.2. The Morgan fingerprint density at radius 2 is 2.08 bits per heavy atom. The molecule has 2 atom stereocenters. The minimum absolute atomic E-state index is 0.0174. The lowest BCUT2D eigenvalue weighted by atomic mass is 10.1. The zero-order valence-corrected chi connectivity index (χ0v) is 21.7. The quantitative estimate of drug-likeness (QED) is 0.470. The molecule has 194 valence electrons. The van der Waals surface area contributed by atoms with Crippen LogP contribution >= 0.6 is 0 Å². The van der Waals surface area contributed by atoms with Gasteiger partial charge in [-0.15, -0.1) is 0 Å². The molecule has 5 heterocycles. The van der Waals surface area contributed by atoms with Crippen molar-refractivity contribution in [3.63, 3.8) is 0 Å². The Kier molecular flexibility index (Phi) is 6.90. The highest BCUT2D eigenvalue weighted by Gasteiger charge is 2.29. The Morgan fingerprint density at radius 3 is 2.81 bits per heavy atom. The number of pyridine rings is 2. The lowest BCUT2D eigenvalue weighted by molar-refractivity contribution is 0.115. The normalized spacial score (nSPS) is 21.9. The van der Waals surface area contributed by atoms with Crippen LogP contribution in [-0.4, -0.2) is 78.9 Å². The van der Waals surface area contributed by atoms with Crippen molar-refractivity contribution in [2.45, 2.75) is 25.9 Å². The van der Waals surface area contributed by atoms with Gasteiger partial charge in [0.1, 0.15) is 17.1 Å². The van der Waals surface area contributed by atoms with Crippen molar-refractivity contribution >= 4 is 21.0 Å². The Morgan fingerprint density at radius 1 is 1.25 bits per heavy atom. The van der Waals surface area contributed by atoms with E-state index in [1.165, 1.54) is 10.6 Å². The number of hydrogen-bond donors (Lipinski definition) is 0. The number of hydrogen-bond acceptors (Lipinski definition) is 8. The molecule has 5 rings (SSSR count). The van der Waals surface area contributed by atoms with E-state index in [1.807, 2.05) is 13.0 Å². The number of furan rings is 1. The molecule has 0 N–H and O–H groups in total. The molecule has 0 aliphatic carbocycles. The number of nitrogens with zero attached hydrogens (tertiary/aromatic N) is 4. The van der Waals surface area contributed by atoms with Crippen LogP contribution in [0.25, 0.3) is 22.1 Å². The predicted octanol–water partition coefficient (Wildman–Crippen LogP) is 2.07. The Labute approximate surface area is 210 Å². The third kappa shape index (κ3) is 5.06. The first kappa shape index (κ1) is 24.9. The molecule has 11 heteroatoms. The molecule has 0 amide bonds. The van der Waals surface area contributed by atoms with E-state index in [9.17, 15) is 13.2 Å². The smallest absolute Gasteiger partial charge is 0.261 e. The zero-order chi connectivity index (χ0) is 25.4. The Hall–Kier alpha value is -2.73. The Bertz CT molecular complexity index is 1410. The van der Waals surface area contributed by atoms with Gasteiger partial charge in [-0.05, 0) is 25.5 Å². The average Bonchev–Trinajstić information content (AvgIpc) is 3.51. The van der Waals surface area contributed by atoms with Gasteiger partial charge in [-0.25, -0.2) is 8.42 Å². The van der Waals surface area contributed by atoms with Crippen molar-refractivity contribution in [2.24, 2.45) is 13.0 Å². The van der Waals surface area contributed by atoms with E-state index in [2.05, 4.69) is 9.88 Å². The largest absolute Gasteiger partial charge is 0.491 e. The van der Waals surface area contributed by atoms with Crippen LogP contribution in [0.15, 0.2) is 39.9 Å². The van der Waals surface area contributed by atoms with Gasteiger partial charge < -0.3 is 18.5 Å². The van der Waals surface area contributed by atoms with E-state index in [0.717, 1.165) is 24.2 Å². The maximum atomic E-state index is 13.0. The highest BCUT2D eigenvalue weighted by Crippen LogP contribution is 2.35. The van der Waals surface area contributed by atoms with Crippen molar-refractivity contribution in [3.05, 3.63) is 46.8 Å². The highest BCUT2D eigenvalue weighted by molar-refractivity contribution is 7.88. The zero-order valence-electron chi connectivity index (χ0n) is 20.8. The molecule has 0 saturated carbocycles. The molecule has 10 nitrogen and oxygen atoms in total. The minimum atomic E-state index is -3.22. The van der Waals surface area contributed by atoms with Crippen LogP contribution in [0.3, 0.4) is 0 Å². The van der Waals surface area contributed by atoms with E-state index in [-0.39, 0.29) is 11.6 Å². The fourth-order valence-corrected chi connectivity index (χ4v) is 5.81. The molecule has 1 unspecified atom stereocenters. The number of ether oxygens (including phenoxy) is 2. The van der Waals surface area contributed by atoms with E-state index in [0.29, 0.717) is 67.8 Å². The van der Waals surface area contributed by atoms with Crippen LogP contribution in [-0.2, 0) is 28.4 Å². The molecule has 2 aliphatic rings. The van der Waals surface area contributed by atoms with E-state index in [1.54, 1.807) is 36.3 Å². The van der Waals surface area contributed by atoms with Gasteiger partial charge in [0.25, 0.3) is 5.56 Å². The summed E-state index contributed by atoms with van der Waals surface area (Å²) >= 11 is 0. The summed E-state index contributed by atoms with van der Waals surface area (Å²) in [4.78, 5) is 19.4. The lowest BCUT2D eigenvalue weighted by Crippen LogP contribution is -2.52. The number of sulfonamides is 1. The fourth-order valence-electron chi connectivity index (χ4n) is 4.91. The van der Waals surface area contributed by atoms with Crippen LogP contribution in [0.4, 0.5) is 0 Å².